The lowest BCUT2D eigenvalue weighted by molar-refractivity contribution is -0.123. The summed E-state index contributed by atoms with van der Waals surface area (Å²) in [6.45, 7) is 6.65. The van der Waals surface area contributed by atoms with Crippen LogP contribution in [0.2, 0.25) is 0 Å². The van der Waals surface area contributed by atoms with E-state index >= 15 is 0 Å². The van der Waals surface area contributed by atoms with Crippen molar-refractivity contribution in [3.8, 4) is 0 Å². The van der Waals surface area contributed by atoms with E-state index in [1.54, 1.807) is 0 Å². The Labute approximate surface area is 121 Å². The number of nitrogens with one attached hydrogen (secondary N) is 1. The molecule has 0 saturated heterocycles. The highest BCUT2D eigenvalue weighted by atomic mass is 16.1. The van der Waals surface area contributed by atoms with Crippen LogP contribution in [0, 0.1) is 5.92 Å². The standard InChI is InChI=1S/C16H27N3O/c1-12(2)10-16(3,11-17)19-15(20)9-14(18)13-7-5-4-6-8-13/h4-8,12,14H,9-11,17-18H2,1-3H3,(H,19,20). The number of rotatable bonds is 7. The molecule has 0 aromatic heterocycles. The van der Waals surface area contributed by atoms with E-state index in [1.165, 1.54) is 0 Å². The summed E-state index contributed by atoms with van der Waals surface area (Å²) in [6, 6.07) is 9.38. The minimum atomic E-state index is -0.359. The minimum Gasteiger partial charge on any atom is -0.350 e. The summed E-state index contributed by atoms with van der Waals surface area (Å²) in [5.41, 5.74) is 12.5. The van der Waals surface area contributed by atoms with E-state index in [-0.39, 0.29) is 23.9 Å². The molecule has 1 amide bonds. The largest absolute Gasteiger partial charge is 0.350 e. The summed E-state index contributed by atoms with van der Waals surface area (Å²) in [6.07, 6.45) is 1.13. The molecule has 4 heteroatoms. The molecule has 0 spiro atoms. The van der Waals surface area contributed by atoms with Gasteiger partial charge >= 0.3 is 0 Å². The van der Waals surface area contributed by atoms with Crippen molar-refractivity contribution in [3.05, 3.63) is 35.9 Å². The van der Waals surface area contributed by atoms with Crippen molar-refractivity contribution in [2.45, 2.75) is 45.2 Å². The third-order valence-electron chi connectivity index (χ3n) is 3.38. The van der Waals surface area contributed by atoms with Crippen LogP contribution in [0.5, 0.6) is 0 Å². The third kappa shape index (κ3) is 5.31. The summed E-state index contributed by atoms with van der Waals surface area (Å²) in [4.78, 5) is 12.1. The fourth-order valence-electron chi connectivity index (χ4n) is 2.49. The van der Waals surface area contributed by atoms with Crippen LogP contribution in [0.15, 0.2) is 30.3 Å². The number of benzene rings is 1. The van der Waals surface area contributed by atoms with Crippen LogP contribution < -0.4 is 16.8 Å². The van der Waals surface area contributed by atoms with Crippen LogP contribution in [0.1, 0.15) is 45.2 Å². The second-order valence-corrected chi connectivity index (χ2v) is 6.13. The molecule has 20 heavy (non-hydrogen) atoms. The molecule has 1 aromatic rings. The predicted molar refractivity (Wildman–Crippen MR) is 83.0 cm³/mol. The molecule has 0 saturated carbocycles. The van der Waals surface area contributed by atoms with E-state index in [2.05, 4.69) is 19.2 Å². The molecule has 1 aromatic carbocycles. The zero-order chi connectivity index (χ0) is 15.2. The van der Waals surface area contributed by atoms with Gasteiger partial charge in [0.1, 0.15) is 0 Å². The van der Waals surface area contributed by atoms with Crippen molar-refractivity contribution >= 4 is 5.91 Å². The van der Waals surface area contributed by atoms with E-state index < -0.39 is 0 Å². The van der Waals surface area contributed by atoms with Crippen LogP contribution in [-0.2, 0) is 4.79 Å². The number of hydrogen-bond donors (Lipinski definition) is 3. The second-order valence-electron chi connectivity index (χ2n) is 6.13. The van der Waals surface area contributed by atoms with Crippen molar-refractivity contribution in [2.24, 2.45) is 17.4 Å². The van der Waals surface area contributed by atoms with Gasteiger partial charge in [0, 0.05) is 24.5 Å². The highest BCUT2D eigenvalue weighted by molar-refractivity contribution is 5.77. The molecule has 0 radical (unpaired) electrons. The Morgan fingerprint density at radius 2 is 1.90 bits per heavy atom. The molecular formula is C16H27N3O. The SMILES string of the molecule is CC(C)CC(C)(CN)NC(=O)CC(N)c1ccccc1. The maximum absolute atomic E-state index is 12.1. The van der Waals surface area contributed by atoms with Crippen molar-refractivity contribution in [3.63, 3.8) is 0 Å². The summed E-state index contributed by atoms with van der Waals surface area (Å²) in [5.74, 6) is 0.432. The van der Waals surface area contributed by atoms with Crippen molar-refractivity contribution in [2.75, 3.05) is 6.54 Å². The maximum atomic E-state index is 12.1. The first-order chi connectivity index (χ1) is 9.36. The average Bonchev–Trinajstić information content (AvgIpc) is 2.38. The Morgan fingerprint density at radius 1 is 1.30 bits per heavy atom. The fraction of sp³-hybridized carbons (Fsp3) is 0.562. The van der Waals surface area contributed by atoms with Gasteiger partial charge < -0.3 is 16.8 Å². The summed E-state index contributed by atoms with van der Waals surface area (Å²) < 4.78 is 0. The number of amides is 1. The molecule has 1 rings (SSSR count). The molecule has 0 heterocycles. The Morgan fingerprint density at radius 3 is 2.40 bits per heavy atom. The molecular weight excluding hydrogens is 250 g/mol. The van der Waals surface area contributed by atoms with Crippen LogP contribution in [0.25, 0.3) is 0 Å². The van der Waals surface area contributed by atoms with Gasteiger partial charge in [-0.25, -0.2) is 0 Å². The summed E-state index contributed by atoms with van der Waals surface area (Å²) in [5, 5.41) is 3.03. The van der Waals surface area contributed by atoms with Gasteiger partial charge in [-0.15, -0.1) is 0 Å². The first-order valence-corrected chi connectivity index (χ1v) is 7.18. The predicted octanol–water partition coefficient (Wildman–Crippen LogP) is 1.96. The third-order valence-corrected chi connectivity index (χ3v) is 3.38. The topological polar surface area (TPSA) is 81.1 Å². The fourth-order valence-corrected chi connectivity index (χ4v) is 2.49. The van der Waals surface area contributed by atoms with E-state index in [0.29, 0.717) is 12.5 Å². The molecule has 5 N–H and O–H groups in total. The zero-order valence-electron chi connectivity index (χ0n) is 12.7. The van der Waals surface area contributed by atoms with Gasteiger partial charge in [0.05, 0.1) is 0 Å². The normalized spacial score (nSPS) is 15.7. The van der Waals surface area contributed by atoms with Crippen LogP contribution in [0.3, 0.4) is 0 Å². The first kappa shape index (κ1) is 16.7. The van der Waals surface area contributed by atoms with Gasteiger partial charge in [0.15, 0.2) is 0 Å². The number of nitrogens with two attached hydrogens (primary N) is 2. The second kappa shape index (κ2) is 7.41. The lowest BCUT2D eigenvalue weighted by Gasteiger charge is -2.31. The van der Waals surface area contributed by atoms with E-state index in [1.807, 2.05) is 37.3 Å². The minimum absolute atomic E-state index is 0.0463. The first-order valence-electron chi connectivity index (χ1n) is 7.18. The molecule has 2 unspecified atom stereocenters. The molecule has 0 aliphatic rings. The summed E-state index contributed by atoms with van der Waals surface area (Å²) in [7, 11) is 0. The van der Waals surface area contributed by atoms with Crippen molar-refractivity contribution < 1.29 is 4.79 Å². The zero-order valence-corrected chi connectivity index (χ0v) is 12.7. The van der Waals surface area contributed by atoms with Gasteiger partial charge in [-0.05, 0) is 24.8 Å². The Bertz CT molecular complexity index is 419. The molecule has 0 aliphatic heterocycles. The van der Waals surface area contributed by atoms with E-state index in [0.717, 1.165) is 12.0 Å². The van der Waals surface area contributed by atoms with Crippen LogP contribution in [0.4, 0.5) is 0 Å². The Hall–Kier alpha value is -1.39. The molecule has 4 nitrogen and oxygen atoms in total. The number of hydrogen-bond acceptors (Lipinski definition) is 3. The maximum Gasteiger partial charge on any atom is 0.222 e. The van der Waals surface area contributed by atoms with Gasteiger partial charge in [0.25, 0.3) is 0 Å². The summed E-state index contributed by atoms with van der Waals surface area (Å²) >= 11 is 0. The van der Waals surface area contributed by atoms with Gasteiger partial charge in [0.2, 0.25) is 5.91 Å². The Kier molecular flexibility index (Phi) is 6.17. The van der Waals surface area contributed by atoms with Gasteiger partial charge in [-0.2, -0.15) is 0 Å². The van der Waals surface area contributed by atoms with Crippen LogP contribution in [-0.4, -0.2) is 18.0 Å². The average molecular weight is 277 g/mol. The number of carbonyl (C=O) groups is 1. The van der Waals surface area contributed by atoms with Crippen LogP contribution >= 0.6 is 0 Å². The van der Waals surface area contributed by atoms with Crippen molar-refractivity contribution in [1.29, 1.82) is 0 Å². The highest BCUT2D eigenvalue weighted by Crippen LogP contribution is 2.17. The molecule has 0 bridgehead atoms. The highest BCUT2D eigenvalue weighted by Gasteiger charge is 2.26. The molecule has 0 aliphatic carbocycles. The van der Waals surface area contributed by atoms with Crippen molar-refractivity contribution in [1.82, 2.24) is 5.32 Å². The lowest BCUT2D eigenvalue weighted by Crippen LogP contribution is -2.52. The van der Waals surface area contributed by atoms with Gasteiger partial charge in [-0.1, -0.05) is 44.2 Å². The lowest BCUT2D eigenvalue weighted by atomic mass is 9.90. The molecule has 0 fully saturated rings. The monoisotopic (exact) mass is 277 g/mol. The van der Waals surface area contributed by atoms with E-state index in [4.69, 9.17) is 11.5 Å². The smallest absolute Gasteiger partial charge is 0.222 e. The Balaban J connectivity index is 2.58. The number of carbonyl (C=O) groups excluding carboxylic acids is 1. The quantitative estimate of drug-likeness (QED) is 0.712. The molecule has 112 valence electrons. The van der Waals surface area contributed by atoms with Gasteiger partial charge in [-0.3, -0.25) is 4.79 Å². The molecule has 2 atom stereocenters. The van der Waals surface area contributed by atoms with E-state index in [9.17, 15) is 4.79 Å².